The number of carbonyl (C=O) groups is 4. The van der Waals surface area contributed by atoms with Crippen LogP contribution in [-0.2, 0) is 9.59 Å². The zero-order chi connectivity index (χ0) is 39.5. The molecule has 300 valence electrons. The molecular formula is C41H51N11O5. The number of anilines is 4. The fourth-order valence-corrected chi connectivity index (χ4v) is 8.66. The summed E-state index contributed by atoms with van der Waals surface area (Å²) in [5.74, 6) is -0.264. The van der Waals surface area contributed by atoms with E-state index in [0.29, 0.717) is 23.3 Å². The van der Waals surface area contributed by atoms with Gasteiger partial charge in [0.25, 0.3) is 11.8 Å². The first kappa shape index (κ1) is 38.1. The summed E-state index contributed by atoms with van der Waals surface area (Å²) in [6.07, 6.45) is 11.7. The predicted molar refractivity (Wildman–Crippen MR) is 216 cm³/mol. The normalized spacial score (nSPS) is 20.1. The van der Waals surface area contributed by atoms with Gasteiger partial charge in [0.15, 0.2) is 0 Å². The van der Waals surface area contributed by atoms with Crippen LogP contribution in [0.25, 0.3) is 10.9 Å². The minimum Gasteiger partial charge on any atom is -0.496 e. The summed E-state index contributed by atoms with van der Waals surface area (Å²) < 4.78 is 7.73. The Morgan fingerprint density at radius 1 is 0.912 bits per heavy atom. The first-order valence-corrected chi connectivity index (χ1v) is 20.2. The number of fused-ring (bicyclic) bond motifs is 1. The van der Waals surface area contributed by atoms with Gasteiger partial charge >= 0.3 is 0 Å². The quantitative estimate of drug-likeness (QED) is 0.171. The van der Waals surface area contributed by atoms with E-state index < -0.39 is 23.8 Å². The van der Waals surface area contributed by atoms with Gasteiger partial charge in [-0.1, -0.05) is 0 Å². The molecule has 4 fully saturated rings. The molecule has 4 amide bonds. The second-order valence-corrected chi connectivity index (χ2v) is 15.7. The number of benzene rings is 2. The molecule has 0 radical (unpaired) electrons. The Kier molecular flexibility index (Phi) is 11.2. The molecule has 1 atom stereocenters. The molecule has 2 aromatic carbocycles. The van der Waals surface area contributed by atoms with Crippen LogP contribution in [0.15, 0.2) is 48.8 Å². The summed E-state index contributed by atoms with van der Waals surface area (Å²) in [5.41, 5.74) is 9.80. The molecular weight excluding hydrogens is 727 g/mol. The van der Waals surface area contributed by atoms with E-state index in [9.17, 15) is 19.2 Å². The van der Waals surface area contributed by atoms with Crippen LogP contribution >= 0.6 is 0 Å². The van der Waals surface area contributed by atoms with Crippen molar-refractivity contribution < 1.29 is 23.9 Å². The number of hydrogen-bond donors (Lipinski definition) is 4. The number of rotatable bonds is 10. The van der Waals surface area contributed by atoms with Crippen LogP contribution < -0.4 is 36.2 Å². The molecule has 0 aliphatic carbocycles. The van der Waals surface area contributed by atoms with Crippen molar-refractivity contribution in [2.45, 2.75) is 69.9 Å². The van der Waals surface area contributed by atoms with Gasteiger partial charge < -0.3 is 35.8 Å². The van der Waals surface area contributed by atoms with Gasteiger partial charge in [0.1, 0.15) is 17.6 Å². The van der Waals surface area contributed by atoms with Gasteiger partial charge in [0, 0.05) is 81.8 Å². The number of ether oxygens (including phenoxy) is 1. The molecule has 4 aliphatic rings. The average molecular weight is 778 g/mol. The van der Waals surface area contributed by atoms with E-state index in [1.54, 1.807) is 12.1 Å². The van der Waals surface area contributed by atoms with E-state index in [1.807, 2.05) is 18.2 Å². The van der Waals surface area contributed by atoms with E-state index in [1.165, 1.54) is 19.7 Å². The van der Waals surface area contributed by atoms with E-state index in [-0.39, 0.29) is 30.4 Å². The Morgan fingerprint density at radius 3 is 2.44 bits per heavy atom. The van der Waals surface area contributed by atoms with Crippen molar-refractivity contribution in [1.82, 2.24) is 35.3 Å². The Labute approximate surface area is 331 Å². The Hall–Kier alpha value is -5.77. The predicted octanol–water partition coefficient (Wildman–Crippen LogP) is 3.75. The molecule has 5 N–H and O–H groups in total. The van der Waals surface area contributed by atoms with E-state index >= 15 is 0 Å². The van der Waals surface area contributed by atoms with Gasteiger partial charge in [-0.3, -0.25) is 29.2 Å². The van der Waals surface area contributed by atoms with E-state index in [2.05, 4.69) is 57.6 Å². The van der Waals surface area contributed by atoms with Crippen molar-refractivity contribution in [3.05, 3.63) is 60.2 Å². The van der Waals surface area contributed by atoms with Crippen LogP contribution in [0.4, 0.5) is 22.9 Å². The zero-order valence-electron chi connectivity index (χ0n) is 32.4. The van der Waals surface area contributed by atoms with Crippen LogP contribution in [0.5, 0.6) is 5.75 Å². The highest BCUT2D eigenvalue weighted by Gasteiger charge is 2.30. The molecule has 16 nitrogen and oxygen atoms in total. The van der Waals surface area contributed by atoms with Gasteiger partial charge in [-0.05, 0) is 87.6 Å². The highest BCUT2D eigenvalue weighted by atomic mass is 16.5. The van der Waals surface area contributed by atoms with Crippen molar-refractivity contribution in [2.24, 2.45) is 5.92 Å². The summed E-state index contributed by atoms with van der Waals surface area (Å²) >= 11 is 0. The number of aromatic nitrogens is 4. The standard InChI is InChI=1S/C41H51N11O5/c1-57-35-22-29(5-6-30(35)39(54)44-31-7-8-37(53)47-40(31)55)50-19-10-26(11-20-50)24-49-17-12-28(13-18-49)52-25-27-21-33(45-41(56)38-43-14-9-36(42)46-38)34(23-32(27)48-52)51-15-3-2-4-16-51/h5-6,9,14,21-23,25-26,28,31H,2-4,7-8,10-13,15-20,24H2,1H3,(H,44,54)(H,45,56)(H2,42,43,46)(H,47,53,55)/t31-/m0/s1. The molecule has 0 spiro atoms. The molecule has 8 rings (SSSR count). The minimum atomic E-state index is -0.748. The molecule has 0 bridgehead atoms. The third kappa shape index (κ3) is 8.65. The number of imide groups is 1. The number of likely N-dealkylation sites (tertiary alicyclic amines) is 1. The highest BCUT2D eigenvalue weighted by molar-refractivity contribution is 6.06. The topological polar surface area (TPSA) is 193 Å². The van der Waals surface area contributed by atoms with Crippen molar-refractivity contribution >= 4 is 57.4 Å². The van der Waals surface area contributed by atoms with Crippen molar-refractivity contribution in [3.63, 3.8) is 0 Å². The third-order valence-electron chi connectivity index (χ3n) is 11.9. The lowest BCUT2D eigenvalue weighted by Gasteiger charge is -2.38. The Bertz CT molecular complexity index is 2130. The SMILES string of the molecule is COc1cc(N2CCC(CN3CCC(n4cc5cc(NC(=O)c6nccc(N)n6)c(N6CCCCC6)cc5n4)CC3)CC2)ccc1C(=O)N[C@H]1CCC(=O)NC1=O. The fourth-order valence-electron chi connectivity index (χ4n) is 8.66. The van der Waals surface area contributed by atoms with Crippen molar-refractivity contribution in [1.29, 1.82) is 0 Å². The minimum absolute atomic E-state index is 0.0387. The lowest BCUT2D eigenvalue weighted by atomic mass is 9.94. The molecule has 4 aliphatic heterocycles. The molecule has 2 aromatic heterocycles. The summed E-state index contributed by atoms with van der Waals surface area (Å²) in [4.78, 5) is 65.4. The largest absolute Gasteiger partial charge is 0.496 e. The first-order chi connectivity index (χ1) is 27.7. The number of nitrogens with two attached hydrogens (primary N) is 1. The maximum Gasteiger partial charge on any atom is 0.293 e. The highest BCUT2D eigenvalue weighted by Crippen LogP contribution is 2.35. The summed E-state index contributed by atoms with van der Waals surface area (Å²) in [6.45, 7) is 6.80. The number of nitrogens with zero attached hydrogens (tertiary/aromatic N) is 7. The molecule has 4 saturated heterocycles. The molecule has 6 heterocycles. The third-order valence-corrected chi connectivity index (χ3v) is 11.9. The molecule has 57 heavy (non-hydrogen) atoms. The number of hydrogen-bond acceptors (Lipinski definition) is 12. The Balaban J connectivity index is 0.852. The van der Waals surface area contributed by atoms with E-state index in [4.69, 9.17) is 15.6 Å². The number of amides is 4. The van der Waals surface area contributed by atoms with Gasteiger partial charge in [0.2, 0.25) is 17.6 Å². The summed E-state index contributed by atoms with van der Waals surface area (Å²) in [7, 11) is 1.54. The fraction of sp³-hybridized carbons (Fsp3) is 0.488. The average Bonchev–Trinajstić information content (AvgIpc) is 3.65. The van der Waals surface area contributed by atoms with Crippen molar-refractivity contribution in [3.8, 4) is 5.75 Å². The lowest BCUT2D eigenvalue weighted by molar-refractivity contribution is -0.134. The van der Waals surface area contributed by atoms with Gasteiger partial charge in [-0.25, -0.2) is 9.97 Å². The number of piperidine rings is 4. The van der Waals surface area contributed by atoms with Crippen LogP contribution in [0, 0.1) is 5.92 Å². The zero-order valence-corrected chi connectivity index (χ0v) is 32.4. The van der Waals surface area contributed by atoms with Crippen LogP contribution in [0.1, 0.15) is 84.8 Å². The molecule has 4 aromatic rings. The molecule has 0 unspecified atom stereocenters. The van der Waals surface area contributed by atoms with Gasteiger partial charge in [-0.15, -0.1) is 0 Å². The maximum atomic E-state index is 13.2. The van der Waals surface area contributed by atoms with Crippen molar-refractivity contribution in [2.75, 3.05) is 73.8 Å². The summed E-state index contributed by atoms with van der Waals surface area (Å²) in [5, 5.41) is 14.1. The second kappa shape index (κ2) is 16.8. The molecule has 0 saturated carbocycles. The monoisotopic (exact) mass is 777 g/mol. The number of carbonyl (C=O) groups excluding carboxylic acids is 4. The van der Waals surface area contributed by atoms with Gasteiger partial charge in [-0.2, -0.15) is 5.10 Å². The van der Waals surface area contributed by atoms with Crippen LogP contribution in [-0.4, -0.2) is 107 Å². The number of methoxy groups -OCH3 is 1. The number of nitrogens with one attached hydrogen (secondary N) is 3. The first-order valence-electron chi connectivity index (χ1n) is 20.2. The smallest absolute Gasteiger partial charge is 0.293 e. The second-order valence-electron chi connectivity index (χ2n) is 15.7. The van der Waals surface area contributed by atoms with Crippen LogP contribution in [0.2, 0.25) is 0 Å². The Morgan fingerprint density at radius 2 is 1.70 bits per heavy atom. The lowest BCUT2D eigenvalue weighted by Crippen LogP contribution is -2.52. The summed E-state index contributed by atoms with van der Waals surface area (Å²) in [6, 6.07) is 10.8. The van der Waals surface area contributed by atoms with E-state index in [0.717, 1.165) is 112 Å². The van der Waals surface area contributed by atoms with Gasteiger partial charge in [0.05, 0.1) is 35.6 Å². The van der Waals surface area contributed by atoms with Crippen LogP contribution in [0.3, 0.4) is 0 Å². The maximum absolute atomic E-state index is 13.2. The number of nitrogen functional groups attached to an aromatic ring is 1. The molecule has 16 heteroatoms.